The van der Waals surface area contributed by atoms with Crippen LogP contribution in [0.15, 0.2) is 42.5 Å². The highest BCUT2D eigenvalue weighted by Crippen LogP contribution is 2.33. The van der Waals surface area contributed by atoms with E-state index in [-0.39, 0.29) is 17.7 Å². The van der Waals surface area contributed by atoms with Gasteiger partial charge in [-0.15, -0.1) is 0 Å². The number of amides is 1. The molecule has 25 heavy (non-hydrogen) atoms. The van der Waals surface area contributed by atoms with Crippen LogP contribution < -0.4 is 14.8 Å². The zero-order valence-corrected chi connectivity index (χ0v) is 15.6. The monoisotopic (exact) mass is 341 g/mol. The van der Waals surface area contributed by atoms with E-state index >= 15 is 0 Å². The van der Waals surface area contributed by atoms with Gasteiger partial charge in [-0.1, -0.05) is 44.2 Å². The van der Waals surface area contributed by atoms with Crippen LogP contribution >= 0.6 is 0 Å². The molecular weight excluding hydrogens is 314 g/mol. The van der Waals surface area contributed by atoms with Crippen LogP contribution in [0.2, 0.25) is 0 Å². The Labute approximate surface area is 150 Å². The van der Waals surface area contributed by atoms with Crippen molar-refractivity contribution in [1.29, 1.82) is 0 Å². The Bertz CT molecular complexity index is 725. The van der Waals surface area contributed by atoms with Crippen LogP contribution in [0.1, 0.15) is 36.5 Å². The summed E-state index contributed by atoms with van der Waals surface area (Å²) in [4.78, 5) is 12.8. The third-order valence-electron chi connectivity index (χ3n) is 4.43. The van der Waals surface area contributed by atoms with Gasteiger partial charge in [0.05, 0.1) is 20.1 Å². The Hall–Kier alpha value is -2.49. The molecule has 0 fully saturated rings. The predicted molar refractivity (Wildman–Crippen MR) is 100 cm³/mol. The molecule has 0 aliphatic heterocycles. The second kappa shape index (κ2) is 8.56. The van der Waals surface area contributed by atoms with Gasteiger partial charge < -0.3 is 14.8 Å². The number of rotatable bonds is 7. The van der Waals surface area contributed by atoms with Crippen LogP contribution in [0, 0.1) is 12.8 Å². The van der Waals surface area contributed by atoms with Crippen molar-refractivity contribution in [2.75, 3.05) is 14.2 Å². The number of carbonyl (C=O) groups excluding carboxylic acids is 1. The fraction of sp³-hybridized carbons (Fsp3) is 0.381. The Kier molecular flexibility index (Phi) is 6.45. The number of benzene rings is 2. The molecule has 0 heterocycles. The summed E-state index contributed by atoms with van der Waals surface area (Å²) >= 11 is 0. The molecule has 2 aromatic rings. The highest BCUT2D eigenvalue weighted by Gasteiger charge is 2.25. The molecule has 0 aliphatic rings. The number of ether oxygens (including phenoxy) is 2. The van der Waals surface area contributed by atoms with Crippen LogP contribution in [0.25, 0.3) is 0 Å². The highest BCUT2D eigenvalue weighted by atomic mass is 16.5. The molecule has 0 aromatic heterocycles. The Morgan fingerprint density at radius 3 is 2.32 bits per heavy atom. The van der Waals surface area contributed by atoms with Crippen LogP contribution in [0.5, 0.6) is 11.5 Å². The third-order valence-corrected chi connectivity index (χ3v) is 4.43. The van der Waals surface area contributed by atoms with E-state index in [1.165, 1.54) is 5.56 Å². The molecule has 1 unspecified atom stereocenters. The summed E-state index contributed by atoms with van der Waals surface area (Å²) in [5.41, 5.74) is 3.23. The van der Waals surface area contributed by atoms with Gasteiger partial charge in [0.15, 0.2) is 11.5 Å². The van der Waals surface area contributed by atoms with Gasteiger partial charge >= 0.3 is 0 Å². The lowest BCUT2D eigenvalue weighted by molar-refractivity contribution is -0.123. The lowest BCUT2D eigenvalue weighted by Gasteiger charge is -2.22. The number of methoxy groups -OCH3 is 2. The van der Waals surface area contributed by atoms with E-state index in [1.807, 2.05) is 36.4 Å². The van der Waals surface area contributed by atoms with Gasteiger partial charge in [-0.2, -0.15) is 0 Å². The first-order chi connectivity index (χ1) is 12.0. The Morgan fingerprint density at radius 1 is 1.04 bits per heavy atom. The van der Waals surface area contributed by atoms with Crippen molar-refractivity contribution < 1.29 is 14.3 Å². The maximum Gasteiger partial charge on any atom is 0.228 e. The molecule has 0 spiro atoms. The lowest BCUT2D eigenvalue weighted by Crippen LogP contribution is -2.31. The van der Waals surface area contributed by atoms with E-state index in [9.17, 15) is 4.79 Å². The van der Waals surface area contributed by atoms with Crippen LogP contribution in [-0.2, 0) is 11.3 Å². The summed E-state index contributed by atoms with van der Waals surface area (Å²) < 4.78 is 10.7. The van der Waals surface area contributed by atoms with Crippen molar-refractivity contribution in [1.82, 2.24) is 5.32 Å². The summed E-state index contributed by atoms with van der Waals surface area (Å²) in [5.74, 6) is 1.23. The quantitative estimate of drug-likeness (QED) is 0.826. The van der Waals surface area contributed by atoms with Gasteiger partial charge in [-0.25, -0.2) is 0 Å². The zero-order valence-electron chi connectivity index (χ0n) is 15.6. The smallest absolute Gasteiger partial charge is 0.228 e. The number of hydrogen-bond donors (Lipinski definition) is 1. The lowest BCUT2D eigenvalue weighted by atomic mass is 9.87. The molecule has 1 atom stereocenters. The molecule has 0 aliphatic carbocycles. The average molecular weight is 341 g/mol. The molecule has 1 amide bonds. The standard InChI is InChI=1S/C21H27NO3/c1-14(2)20(16-10-11-18(24-4)19(12-16)25-5)21(23)22-13-17-9-7-6-8-15(17)3/h6-12,14,20H,13H2,1-5H3,(H,22,23). The molecule has 2 aromatic carbocycles. The van der Waals surface area contributed by atoms with Gasteiger partial charge in [-0.05, 0) is 41.7 Å². The minimum Gasteiger partial charge on any atom is -0.493 e. The highest BCUT2D eigenvalue weighted by molar-refractivity contribution is 5.84. The third kappa shape index (κ3) is 4.53. The molecule has 0 radical (unpaired) electrons. The second-order valence-electron chi connectivity index (χ2n) is 6.48. The minimum absolute atomic E-state index is 0.0190. The average Bonchev–Trinajstić information content (AvgIpc) is 2.60. The summed E-state index contributed by atoms with van der Waals surface area (Å²) in [6.45, 7) is 6.68. The first-order valence-corrected chi connectivity index (χ1v) is 8.52. The van der Waals surface area contributed by atoms with E-state index in [4.69, 9.17) is 9.47 Å². The number of carbonyl (C=O) groups is 1. The maximum atomic E-state index is 12.8. The van der Waals surface area contributed by atoms with Crippen molar-refractivity contribution in [3.05, 3.63) is 59.2 Å². The molecule has 0 bridgehead atoms. The molecule has 2 rings (SSSR count). The fourth-order valence-electron chi connectivity index (χ4n) is 2.99. The SMILES string of the molecule is COc1ccc(C(C(=O)NCc2ccccc2C)C(C)C)cc1OC. The number of hydrogen-bond acceptors (Lipinski definition) is 3. The van der Waals surface area contributed by atoms with E-state index < -0.39 is 0 Å². The van der Waals surface area contributed by atoms with E-state index in [0.29, 0.717) is 18.0 Å². The molecule has 134 valence electrons. The maximum absolute atomic E-state index is 12.8. The van der Waals surface area contributed by atoms with Crippen molar-refractivity contribution in [2.24, 2.45) is 5.92 Å². The molecule has 0 saturated carbocycles. The van der Waals surface area contributed by atoms with Gasteiger partial charge in [0.2, 0.25) is 5.91 Å². The van der Waals surface area contributed by atoms with Crippen LogP contribution in [0.4, 0.5) is 0 Å². The largest absolute Gasteiger partial charge is 0.493 e. The first kappa shape index (κ1) is 18.8. The van der Waals surface area contributed by atoms with Crippen molar-refractivity contribution in [3.63, 3.8) is 0 Å². The van der Waals surface area contributed by atoms with Gasteiger partial charge in [-0.3, -0.25) is 4.79 Å². The second-order valence-corrected chi connectivity index (χ2v) is 6.48. The Morgan fingerprint density at radius 2 is 1.72 bits per heavy atom. The van der Waals surface area contributed by atoms with E-state index in [1.54, 1.807) is 14.2 Å². The normalized spacial score (nSPS) is 11.9. The molecule has 0 saturated heterocycles. The molecular formula is C21H27NO3. The van der Waals surface area contributed by atoms with Crippen LogP contribution in [-0.4, -0.2) is 20.1 Å². The van der Waals surface area contributed by atoms with Crippen molar-refractivity contribution >= 4 is 5.91 Å². The minimum atomic E-state index is -0.246. The summed E-state index contributed by atoms with van der Waals surface area (Å²) in [5, 5.41) is 3.07. The van der Waals surface area contributed by atoms with Crippen molar-refractivity contribution in [2.45, 2.75) is 33.2 Å². The summed E-state index contributed by atoms with van der Waals surface area (Å²) in [7, 11) is 3.20. The first-order valence-electron chi connectivity index (χ1n) is 8.52. The van der Waals surface area contributed by atoms with E-state index in [0.717, 1.165) is 11.1 Å². The molecule has 4 nitrogen and oxygen atoms in total. The predicted octanol–water partition coefficient (Wildman–Crippen LogP) is 4.07. The van der Waals surface area contributed by atoms with Crippen LogP contribution in [0.3, 0.4) is 0 Å². The number of nitrogens with one attached hydrogen (secondary N) is 1. The van der Waals surface area contributed by atoms with Crippen molar-refractivity contribution in [3.8, 4) is 11.5 Å². The van der Waals surface area contributed by atoms with Gasteiger partial charge in [0.25, 0.3) is 0 Å². The van der Waals surface area contributed by atoms with Gasteiger partial charge in [0, 0.05) is 6.54 Å². The molecule has 1 N–H and O–H groups in total. The fourth-order valence-corrected chi connectivity index (χ4v) is 2.99. The topological polar surface area (TPSA) is 47.6 Å². The van der Waals surface area contributed by atoms with Gasteiger partial charge in [0.1, 0.15) is 0 Å². The number of aryl methyl sites for hydroxylation is 1. The van der Waals surface area contributed by atoms with E-state index in [2.05, 4.69) is 32.2 Å². The summed E-state index contributed by atoms with van der Waals surface area (Å²) in [6, 6.07) is 13.7. The summed E-state index contributed by atoms with van der Waals surface area (Å²) in [6.07, 6.45) is 0. The Balaban J connectivity index is 2.20. The molecule has 4 heteroatoms. The zero-order chi connectivity index (χ0) is 18.4.